The molecule has 0 saturated carbocycles. The number of halogens is 3. The van der Waals surface area contributed by atoms with E-state index in [4.69, 9.17) is 11.6 Å². The summed E-state index contributed by atoms with van der Waals surface area (Å²) in [6.45, 7) is 1.71. The molecule has 5 nitrogen and oxygen atoms in total. The summed E-state index contributed by atoms with van der Waals surface area (Å²) in [7, 11) is -2.71. The van der Waals surface area contributed by atoms with Gasteiger partial charge in [0, 0.05) is 7.05 Å². The Kier molecular flexibility index (Phi) is 6.62. The van der Waals surface area contributed by atoms with Crippen molar-refractivity contribution in [1.29, 1.82) is 0 Å². The smallest absolute Gasteiger partial charge is 0.264 e. The second-order valence-electron chi connectivity index (χ2n) is 6.84. The van der Waals surface area contributed by atoms with Crippen LogP contribution in [0.4, 0.5) is 14.5 Å². The van der Waals surface area contributed by atoms with Gasteiger partial charge < -0.3 is 5.32 Å². The zero-order chi connectivity index (χ0) is 22.8. The van der Waals surface area contributed by atoms with E-state index in [9.17, 15) is 22.0 Å². The van der Waals surface area contributed by atoms with Crippen LogP contribution in [0.5, 0.6) is 0 Å². The molecule has 0 aromatic heterocycles. The Labute approximate surface area is 184 Å². The van der Waals surface area contributed by atoms with E-state index in [0.29, 0.717) is 5.56 Å². The molecule has 9 heteroatoms. The number of carbonyl (C=O) groups excluding carboxylic acids is 1. The van der Waals surface area contributed by atoms with Crippen molar-refractivity contribution in [3.8, 4) is 0 Å². The zero-order valence-electron chi connectivity index (χ0n) is 16.6. The van der Waals surface area contributed by atoms with Gasteiger partial charge in [-0.1, -0.05) is 23.7 Å². The van der Waals surface area contributed by atoms with E-state index in [1.165, 1.54) is 49.5 Å². The molecule has 3 aromatic rings. The first-order valence-electron chi connectivity index (χ1n) is 9.20. The number of carbonyl (C=O) groups is 1. The molecular formula is C22H19ClF2N2O3S. The average molecular weight is 465 g/mol. The van der Waals surface area contributed by atoms with E-state index in [-0.39, 0.29) is 21.2 Å². The summed E-state index contributed by atoms with van der Waals surface area (Å²) in [5.41, 5.74) is 0.905. The minimum Gasteiger partial charge on any atom is -0.345 e. The van der Waals surface area contributed by atoms with Gasteiger partial charge in [-0.15, -0.1) is 0 Å². The monoisotopic (exact) mass is 464 g/mol. The predicted molar refractivity (Wildman–Crippen MR) is 116 cm³/mol. The van der Waals surface area contributed by atoms with Gasteiger partial charge in [0.2, 0.25) is 0 Å². The highest BCUT2D eigenvalue weighted by Gasteiger charge is 2.24. The Balaban J connectivity index is 1.87. The topological polar surface area (TPSA) is 66.5 Å². The van der Waals surface area contributed by atoms with Crippen molar-refractivity contribution >= 4 is 33.2 Å². The maximum Gasteiger partial charge on any atom is 0.264 e. The SMILES string of the molecule is CC(NC(=O)c1cc(S(=O)(=O)N(C)c2ccc(F)cc2)ccc1Cl)c1ccc(F)cc1. The molecule has 0 aliphatic heterocycles. The molecule has 0 aliphatic carbocycles. The average Bonchev–Trinajstić information content (AvgIpc) is 2.74. The first kappa shape index (κ1) is 22.7. The lowest BCUT2D eigenvalue weighted by Crippen LogP contribution is -2.29. The summed E-state index contributed by atoms with van der Waals surface area (Å²) in [6, 6.07) is 14.0. The van der Waals surface area contributed by atoms with Gasteiger partial charge in [0.1, 0.15) is 11.6 Å². The molecule has 0 fully saturated rings. The Hall–Kier alpha value is -2.97. The van der Waals surface area contributed by atoms with Crippen molar-refractivity contribution in [2.75, 3.05) is 11.4 Å². The lowest BCUT2D eigenvalue weighted by molar-refractivity contribution is 0.0940. The number of nitrogens with one attached hydrogen (secondary N) is 1. The number of nitrogens with zero attached hydrogens (tertiary/aromatic N) is 1. The molecule has 1 amide bonds. The Morgan fingerprint density at radius 3 is 2.10 bits per heavy atom. The highest BCUT2D eigenvalue weighted by atomic mass is 35.5. The van der Waals surface area contributed by atoms with Crippen molar-refractivity contribution in [1.82, 2.24) is 5.32 Å². The lowest BCUT2D eigenvalue weighted by atomic mass is 10.1. The summed E-state index contributed by atoms with van der Waals surface area (Å²) in [6.07, 6.45) is 0. The van der Waals surface area contributed by atoms with E-state index >= 15 is 0 Å². The van der Waals surface area contributed by atoms with Gasteiger partial charge in [0.15, 0.2) is 0 Å². The molecule has 3 rings (SSSR count). The minimum atomic E-state index is -4.03. The van der Waals surface area contributed by atoms with Crippen LogP contribution in [0.1, 0.15) is 28.9 Å². The second kappa shape index (κ2) is 9.03. The molecule has 1 unspecified atom stereocenters. The van der Waals surface area contributed by atoms with E-state index in [2.05, 4.69) is 5.32 Å². The Morgan fingerprint density at radius 1 is 0.968 bits per heavy atom. The standard InChI is InChI=1S/C22H19ClF2N2O3S/c1-14(15-3-5-16(24)6-4-15)26-22(28)20-13-19(11-12-21(20)23)31(29,30)27(2)18-9-7-17(25)8-10-18/h3-14H,1-2H3,(H,26,28). The molecule has 0 bridgehead atoms. The van der Waals surface area contributed by atoms with Crippen LogP contribution in [-0.4, -0.2) is 21.4 Å². The molecule has 0 heterocycles. The van der Waals surface area contributed by atoms with Crippen molar-refractivity contribution in [3.05, 3.63) is 94.5 Å². The van der Waals surface area contributed by atoms with Crippen LogP contribution in [0.25, 0.3) is 0 Å². The molecule has 0 spiro atoms. The third-order valence-corrected chi connectivity index (χ3v) is 6.86. The summed E-state index contributed by atoms with van der Waals surface area (Å²) >= 11 is 6.14. The quantitative estimate of drug-likeness (QED) is 0.562. The van der Waals surface area contributed by atoms with Crippen LogP contribution in [0.3, 0.4) is 0 Å². The molecule has 0 saturated heterocycles. The predicted octanol–water partition coefficient (Wildman–Crippen LogP) is 4.93. The Morgan fingerprint density at radius 2 is 1.52 bits per heavy atom. The fraction of sp³-hybridized carbons (Fsp3) is 0.136. The number of amides is 1. The normalized spacial score (nSPS) is 12.3. The van der Waals surface area contributed by atoms with Crippen LogP contribution in [0.15, 0.2) is 71.6 Å². The number of hydrogen-bond donors (Lipinski definition) is 1. The number of hydrogen-bond acceptors (Lipinski definition) is 3. The molecular weight excluding hydrogens is 446 g/mol. The van der Waals surface area contributed by atoms with E-state index in [1.807, 2.05) is 0 Å². The second-order valence-corrected chi connectivity index (χ2v) is 9.21. The summed E-state index contributed by atoms with van der Waals surface area (Å²) in [5.74, 6) is -1.47. The highest BCUT2D eigenvalue weighted by Crippen LogP contribution is 2.26. The van der Waals surface area contributed by atoms with E-state index < -0.39 is 33.6 Å². The molecule has 3 aromatic carbocycles. The number of anilines is 1. The van der Waals surface area contributed by atoms with Gasteiger partial charge in [0.05, 0.1) is 27.2 Å². The molecule has 0 radical (unpaired) electrons. The van der Waals surface area contributed by atoms with Crippen molar-refractivity contribution < 1.29 is 22.0 Å². The van der Waals surface area contributed by atoms with Gasteiger partial charge in [0.25, 0.3) is 15.9 Å². The maximum absolute atomic E-state index is 13.2. The molecule has 31 heavy (non-hydrogen) atoms. The summed E-state index contributed by atoms with van der Waals surface area (Å²) in [4.78, 5) is 12.6. The first-order valence-corrected chi connectivity index (χ1v) is 11.0. The number of benzene rings is 3. The van der Waals surface area contributed by atoms with Crippen LogP contribution in [-0.2, 0) is 10.0 Å². The zero-order valence-corrected chi connectivity index (χ0v) is 18.2. The summed E-state index contributed by atoms with van der Waals surface area (Å²) < 4.78 is 53.3. The van der Waals surface area contributed by atoms with Crippen LogP contribution in [0, 0.1) is 11.6 Å². The van der Waals surface area contributed by atoms with Gasteiger partial charge in [-0.2, -0.15) is 0 Å². The van der Waals surface area contributed by atoms with Crippen LogP contribution >= 0.6 is 11.6 Å². The fourth-order valence-corrected chi connectivity index (χ4v) is 4.32. The third-order valence-electron chi connectivity index (χ3n) is 4.75. The van der Waals surface area contributed by atoms with Gasteiger partial charge in [-0.3, -0.25) is 9.10 Å². The molecule has 0 aliphatic rings. The minimum absolute atomic E-state index is 0.0239. The first-order chi connectivity index (χ1) is 14.6. The molecule has 1 N–H and O–H groups in total. The maximum atomic E-state index is 13.2. The Bertz CT molecular complexity index is 1200. The van der Waals surface area contributed by atoms with Gasteiger partial charge in [-0.25, -0.2) is 17.2 Å². The lowest BCUT2D eigenvalue weighted by Gasteiger charge is -2.20. The van der Waals surface area contributed by atoms with Gasteiger partial charge >= 0.3 is 0 Å². The summed E-state index contributed by atoms with van der Waals surface area (Å²) in [5, 5.41) is 2.80. The van der Waals surface area contributed by atoms with E-state index in [1.54, 1.807) is 19.1 Å². The van der Waals surface area contributed by atoms with Crippen molar-refractivity contribution in [2.24, 2.45) is 0 Å². The van der Waals surface area contributed by atoms with Crippen molar-refractivity contribution in [2.45, 2.75) is 17.9 Å². The largest absolute Gasteiger partial charge is 0.345 e. The van der Waals surface area contributed by atoms with Crippen LogP contribution in [0.2, 0.25) is 5.02 Å². The molecule has 1 atom stereocenters. The van der Waals surface area contributed by atoms with E-state index in [0.717, 1.165) is 16.4 Å². The van der Waals surface area contributed by atoms with Crippen LogP contribution < -0.4 is 9.62 Å². The highest BCUT2D eigenvalue weighted by molar-refractivity contribution is 7.92. The molecule has 162 valence electrons. The number of sulfonamides is 1. The number of rotatable bonds is 6. The third kappa shape index (κ3) is 5.03. The fourth-order valence-electron chi connectivity index (χ4n) is 2.90. The van der Waals surface area contributed by atoms with Crippen molar-refractivity contribution in [3.63, 3.8) is 0 Å². The van der Waals surface area contributed by atoms with Gasteiger partial charge in [-0.05, 0) is 67.1 Å².